The number of fused-ring (bicyclic) bond motifs is 1. The Bertz CT molecular complexity index is 1600. The van der Waals surface area contributed by atoms with Crippen molar-refractivity contribution in [2.45, 2.75) is 56.1 Å². The summed E-state index contributed by atoms with van der Waals surface area (Å²) in [6.07, 6.45) is 9.96. The maximum Gasteiger partial charge on any atom is 0.123 e. The Morgan fingerprint density at radius 3 is 2.65 bits per heavy atom. The van der Waals surface area contributed by atoms with Crippen LogP contribution in [-0.4, -0.2) is 25.5 Å². The van der Waals surface area contributed by atoms with Crippen molar-refractivity contribution in [3.05, 3.63) is 76.5 Å². The minimum absolute atomic E-state index is 0.0321. The number of nitrogens with one attached hydrogen (secondary N) is 2. The molecule has 1 atom stereocenters. The standard InChI is InChI=1S/C28H25ClFN7/c29-23-12-20(11-22-25(17(13-31)14-32-27(22)23)34-28(9-10-28)18-3-4-18)33-26(16-1-5-19(30)6-2-16)24-15-37(36-35-24)21-7-8-21/h1-2,5-6,11-12,14-15,18,21,26,33H,3-4,7-10H2,(H,32,34)/i26D. The van der Waals surface area contributed by atoms with Gasteiger partial charge in [-0.05, 0) is 74.3 Å². The molecule has 3 fully saturated rings. The average molecular weight is 515 g/mol. The molecule has 0 spiro atoms. The van der Waals surface area contributed by atoms with E-state index in [1.165, 1.54) is 25.0 Å². The highest BCUT2D eigenvalue weighted by Gasteiger charge is 2.54. The fourth-order valence-electron chi connectivity index (χ4n) is 5.16. The maximum atomic E-state index is 13.8. The number of nitrogens with zero attached hydrogens (tertiary/aromatic N) is 5. The van der Waals surface area contributed by atoms with Gasteiger partial charge in [0.25, 0.3) is 0 Å². The van der Waals surface area contributed by atoms with Crippen molar-refractivity contribution >= 4 is 33.9 Å². The fraction of sp³-hybridized carbons (Fsp3) is 0.357. The van der Waals surface area contributed by atoms with Gasteiger partial charge in [0.05, 0.1) is 41.4 Å². The molecule has 37 heavy (non-hydrogen) atoms. The fourth-order valence-corrected chi connectivity index (χ4v) is 5.43. The minimum Gasteiger partial charge on any atom is -0.378 e. The molecule has 0 amide bonds. The highest BCUT2D eigenvalue weighted by atomic mass is 35.5. The summed E-state index contributed by atoms with van der Waals surface area (Å²) in [4.78, 5) is 4.48. The predicted molar refractivity (Wildman–Crippen MR) is 140 cm³/mol. The van der Waals surface area contributed by atoms with Crippen molar-refractivity contribution in [1.82, 2.24) is 20.0 Å². The van der Waals surface area contributed by atoms with Gasteiger partial charge in [0, 0.05) is 22.8 Å². The monoisotopic (exact) mass is 514 g/mol. The molecule has 0 bridgehead atoms. The average Bonchev–Trinajstić information content (AvgIpc) is 3.77. The first kappa shape index (κ1) is 21.4. The van der Waals surface area contributed by atoms with E-state index in [1.807, 2.05) is 6.07 Å². The summed E-state index contributed by atoms with van der Waals surface area (Å²) in [5.41, 5.74) is 3.25. The van der Waals surface area contributed by atoms with E-state index in [-0.39, 0.29) is 11.4 Å². The van der Waals surface area contributed by atoms with Crippen LogP contribution < -0.4 is 10.6 Å². The molecule has 4 aromatic rings. The summed E-state index contributed by atoms with van der Waals surface area (Å²) in [6.45, 7) is 0. The first-order valence-electron chi connectivity index (χ1n) is 13.2. The van der Waals surface area contributed by atoms with E-state index in [2.05, 4.69) is 32.0 Å². The van der Waals surface area contributed by atoms with Gasteiger partial charge >= 0.3 is 0 Å². The van der Waals surface area contributed by atoms with Crippen LogP contribution in [0.15, 0.2) is 48.8 Å². The van der Waals surface area contributed by atoms with Crippen molar-refractivity contribution < 1.29 is 5.76 Å². The summed E-state index contributed by atoms with van der Waals surface area (Å²) < 4.78 is 25.1. The normalized spacial score (nSPS) is 20.1. The summed E-state index contributed by atoms with van der Waals surface area (Å²) >= 11 is 6.73. The molecule has 2 heterocycles. The molecular weight excluding hydrogens is 489 g/mol. The lowest BCUT2D eigenvalue weighted by Crippen LogP contribution is -2.24. The minimum atomic E-state index is -1.57. The van der Waals surface area contributed by atoms with Crippen LogP contribution in [0.1, 0.15) is 68.8 Å². The van der Waals surface area contributed by atoms with Crippen LogP contribution in [0.4, 0.5) is 15.8 Å². The van der Waals surface area contributed by atoms with E-state index in [1.54, 1.807) is 35.3 Å². The molecule has 0 saturated heterocycles. The Morgan fingerprint density at radius 2 is 1.97 bits per heavy atom. The SMILES string of the molecule is [2H]C(Nc1cc(Cl)c2ncc(C#N)c(NC3(C4CC4)CC3)c2c1)(c1ccc(F)cc1)c1cn(C2CC2)nn1. The van der Waals surface area contributed by atoms with E-state index in [4.69, 9.17) is 11.6 Å². The van der Waals surface area contributed by atoms with Gasteiger partial charge in [0.2, 0.25) is 0 Å². The van der Waals surface area contributed by atoms with Gasteiger partial charge in [-0.2, -0.15) is 5.26 Å². The van der Waals surface area contributed by atoms with Crippen LogP contribution in [-0.2, 0) is 0 Å². The van der Waals surface area contributed by atoms with Crippen LogP contribution in [0.3, 0.4) is 0 Å². The number of halogens is 2. The maximum absolute atomic E-state index is 13.8. The summed E-state index contributed by atoms with van der Waals surface area (Å²) in [5.74, 6) is 0.240. The number of hydrogen-bond donors (Lipinski definition) is 2. The Kier molecular flexibility index (Phi) is 4.87. The lowest BCUT2D eigenvalue weighted by atomic mass is 10.0. The summed E-state index contributed by atoms with van der Waals surface area (Å²) in [5, 5.41) is 26.6. The molecule has 186 valence electrons. The molecule has 3 aliphatic rings. The van der Waals surface area contributed by atoms with Crippen LogP contribution >= 0.6 is 11.6 Å². The third-order valence-electron chi connectivity index (χ3n) is 7.66. The van der Waals surface area contributed by atoms with Crippen molar-refractivity contribution in [3.63, 3.8) is 0 Å². The second kappa shape index (κ2) is 8.42. The number of nitriles is 1. The Hall–Kier alpha value is -3.70. The second-order valence-electron chi connectivity index (χ2n) is 10.4. The van der Waals surface area contributed by atoms with Crippen LogP contribution in [0.25, 0.3) is 10.9 Å². The molecular formula is C28H25ClFN7. The van der Waals surface area contributed by atoms with E-state index in [0.717, 1.165) is 31.4 Å². The van der Waals surface area contributed by atoms with E-state index in [9.17, 15) is 11.0 Å². The van der Waals surface area contributed by atoms with Crippen molar-refractivity contribution in [2.75, 3.05) is 10.6 Å². The smallest absolute Gasteiger partial charge is 0.123 e. The van der Waals surface area contributed by atoms with Gasteiger partial charge in [-0.1, -0.05) is 28.9 Å². The molecule has 3 saturated carbocycles. The van der Waals surface area contributed by atoms with Crippen LogP contribution in [0.2, 0.25) is 5.02 Å². The van der Waals surface area contributed by atoms with Crippen molar-refractivity contribution in [3.8, 4) is 6.07 Å². The molecule has 7 nitrogen and oxygen atoms in total. The number of rotatable bonds is 8. The largest absolute Gasteiger partial charge is 0.378 e. The third-order valence-corrected chi connectivity index (χ3v) is 7.94. The molecule has 9 heteroatoms. The molecule has 7 rings (SSSR count). The van der Waals surface area contributed by atoms with Crippen LogP contribution in [0, 0.1) is 23.1 Å². The highest BCUT2D eigenvalue weighted by molar-refractivity contribution is 6.35. The number of hydrogen-bond acceptors (Lipinski definition) is 6. The number of aromatic nitrogens is 4. The third kappa shape index (κ3) is 4.17. The van der Waals surface area contributed by atoms with Gasteiger partial charge in [0.1, 0.15) is 17.6 Å². The number of benzene rings is 2. The molecule has 2 aromatic carbocycles. The van der Waals surface area contributed by atoms with Crippen molar-refractivity contribution in [1.29, 1.82) is 5.26 Å². The molecule has 0 radical (unpaired) electrons. The second-order valence-corrected chi connectivity index (χ2v) is 10.8. The van der Waals surface area contributed by atoms with Gasteiger partial charge in [-0.15, -0.1) is 5.10 Å². The lowest BCUT2D eigenvalue weighted by molar-refractivity contribution is 0.610. The van der Waals surface area contributed by atoms with Crippen LogP contribution in [0.5, 0.6) is 0 Å². The number of anilines is 2. The molecule has 2 N–H and O–H groups in total. The molecule has 2 aromatic heterocycles. The highest BCUT2D eigenvalue weighted by Crippen LogP contribution is 2.56. The Morgan fingerprint density at radius 1 is 1.19 bits per heavy atom. The number of pyridine rings is 1. The molecule has 1 unspecified atom stereocenters. The quantitative estimate of drug-likeness (QED) is 0.283. The summed E-state index contributed by atoms with van der Waals surface area (Å²) in [6, 6.07) is 10.4. The molecule has 3 aliphatic carbocycles. The Balaban J connectivity index is 1.34. The first-order valence-corrected chi connectivity index (χ1v) is 13.0. The first-order chi connectivity index (χ1) is 18.4. The molecule has 0 aliphatic heterocycles. The van der Waals surface area contributed by atoms with Crippen molar-refractivity contribution in [2.24, 2.45) is 5.92 Å². The van der Waals surface area contributed by atoms with Gasteiger partial charge in [0.15, 0.2) is 0 Å². The lowest BCUT2D eigenvalue weighted by Gasteiger charge is -2.22. The zero-order chi connectivity index (χ0) is 26.1. The predicted octanol–water partition coefficient (Wildman–Crippen LogP) is 6.38. The summed E-state index contributed by atoms with van der Waals surface area (Å²) in [7, 11) is 0. The van der Waals surface area contributed by atoms with E-state index in [0.29, 0.717) is 50.4 Å². The van der Waals surface area contributed by atoms with Gasteiger partial charge < -0.3 is 10.6 Å². The zero-order valence-electron chi connectivity index (χ0n) is 21.0. The van der Waals surface area contributed by atoms with E-state index < -0.39 is 6.02 Å². The Labute approximate surface area is 220 Å². The zero-order valence-corrected chi connectivity index (χ0v) is 20.8. The van der Waals surface area contributed by atoms with Gasteiger partial charge in [-0.3, -0.25) is 4.98 Å². The van der Waals surface area contributed by atoms with Gasteiger partial charge in [-0.25, -0.2) is 9.07 Å². The topological polar surface area (TPSA) is 91.5 Å². The van der Waals surface area contributed by atoms with E-state index >= 15 is 0 Å².